The lowest BCUT2D eigenvalue weighted by Crippen LogP contribution is -2.32. The second kappa shape index (κ2) is 7.75. The maximum atomic E-state index is 12.8. The fourth-order valence-electron chi connectivity index (χ4n) is 2.91. The Morgan fingerprint density at radius 3 is 2.42 bits per heavy atom. The average molecular weight is 369 g/mol. The van der Waals surface area contributed by atoms with Crippen LogP contribution < -0.4 is 10.2 Å². The van der Waals surface area contributed by atoms with Crippen LogP contribution in [0.15, 0.2) is 59.3 Å². The van der Waals surface area contributed by atoms with Gasteiger partial charge in [-0.1, -0.05) is 49.2 Å². The Morgan fingerprint density at radius 1 is 1.04 bits per heavy atom. The molecule has 0 atom stereocenters. The molecule has 5 heteroatoms. The van der Waals surface area contributed by atoms with Gasteiger partial charge < -0.3 is 5.32 Å². The van der Waals surface area contributed by atoms with Gasteiger partial charge in [0.05, 0.1) is 5.69 Å². The zero-order chi connectivity index (χ0) is 18.7. The number of hydrogen-bond donors (Lipinski definition) is 1. The van der Waals surface area contributed by atoms with E-state index in [1.54, 1.807) is 12.1 Å². The highest BCUT2D eigenvalue weighted by Crippen LogP contribution is 2.30. The maximum absolute atomic E-state index is 12.8. The number of hydrogen-bond acceptors (Lipinski definition) is 3. The molecule has 0 bridgehead atoms. The molecule has 0 saturated heterocycles. The predicted octanol–water partition coefficient (Wildman–Crippen LogP) is 4.77. The van der Waals surface area contributed by atoms with Crippen LogP contribution >= 0.6 is 11.6 Å². The first-order chi connectivity index (χ1) is 12.5. The third kappa shape index (κ3) is 3.65. The minimum Gasteiger partial charge on any atom is -0.350 e. The summed E-state index contributed by atoms with van der Waals surface area (Å²) in [6, 6.07) is 15.0. The summed E-state index contributed by atoms with van der Waals surface area (Å²) in [7, 11) is 0. The number of amides is 2. The predicted molar refractivity (Wildman–Crippen MR) is 105 cm³/mol. The molecule has 3 rings (SSSR count). The Bertz CT molecular complexity index is 872. The summed E-state index contributed by atoms with van der Waals surface area (Å²) >= 11 is 6.16. The van der Waals surface area contributed by atoms with E-state index in [0.717, 1.165) is 35.4 Å². The number of halogens is 1. The van der Waals surface area contributed by atoms with E-state index >= 15 is 0 Å². The van der Waals surface area contributed by atoms with E-state index < -0.39 is 11.8 Å². The standard InChI is InChI=1S/C21H21ClN2O2/c1-3-4-7-15-9-11-17(12-10-15)24-20(25)18(22)19(21(24)26)23-16-8-5-6-14(2)13-16/h5-6,8-13,23H,3-4,7H2,1-2H3. The minimum absolute atomic E-state index is 0.0911. The van der Waals surface area contributed by atoms with Crippen molar-refractivity contribution in [1.29, 1.82) is 0 Å². The number of carbonyl (C=O) groups is 2. The lowest BCUT2D eigenvalue weighted by Gasteiger charge is -2.15. The Morgan fingerprint density at radius 2 is 1.77 bits per heavy atom. The van der Waals surface area contributed by atoms with Crippen LogP contribution in [0.2, 0.25) is 0 Å². The van der Waals surface area contributed by atoms with Gasteiger partial charge in [-0.2, -0.15) is 0 Å². The summed E-state index contributed by atoms with van der Waals surface area (Å²) in [6.07, 6.45) is 3.22. The van der Waals surface area contributed by atoms with Crippen LogP contribution in [-0.4, -0.2) is 11.8 Å². The van der Waals surface area contributed by atoms with Crippen LogP contribution in [0.25, 0.3) is 0 Å². The Kier molecular flexibility index (Phi) is 5.43. The molecule has 26 heavy (non-hydrogen) atoms. The van der Waals surface area contributed by atoms with Gasteiger partial charge in [-0.15, -0.1) is 0 Å². The van der Waals surface area contributed by atoms with Gasteiger partial charge in [0.2, 0.25) is 0 Å². The van der Waals surface area contributed by atoms with Gasteiger partial charge in [0.25, 0.3) is 11.8 Å². The van der Waals surface area contributed by atoms with Crippen LogP contribution in [0.3, 0.4) is 0 Å². The van der Waals surface area contributed by atoms with Crippen LogP contribution in [0.1, 0.15) is 30.9 Å². The fraction of sp³-hybridized carbons (Fsp3) is 0.238. The van der Waals surface area contributed by atoms with Crippen molar-refractivity contribution in [2.24, 2.45) is 0 Å². The molecule has 1 aliphatic heterocycles. The Labute approximate surface area is 158 Å². The first-order valence-corrected chi connectivity index (χ1v) is 9.10. The van der Waals surface area contributed by atoms with Gasteiger partial charge in [-0.05, 0) is 55.2 Å². The molecular weight excluding hydrogens is 348 g/mol. The van der Waals surface area contributed by atoms with Crippen LogP contribution in [0, 0.1) is 6.92 Å². The van der Waals surface area contributed by atoms with E-state index in [2.05, 4.69) is 12.2 Å². The summed E-state index contributed by atoms with van der Waals surface area (Å²) in [5.41, 5.74) is 3.59. The number of unbranched alkanes of at least 4 members (excludes halogenated alkanes) is 1. The van der Waals surface area contributed by atoms with Gasteiger partial charge in [0.15, 0.2) is 0 Å². The molecule has 0 aliphatic carbocycles. The largest absolute Gasteiger partial charge is 0.350 e. The van der Waals surface area contributed by atoms with E-state index in [-0.39, 0.29) is 10.7 Å². The SMILES string of the molecule is CCCCc1ccc(N2C(=O)C(Cl)=C(Nc3cccc(C)c3)C2=O)cc1. The molecule has 2 aromatic rings. The second-order valence-electron chi connectivity index (χ2n) is 6.40. The highest BCUT2D eigenvalue weighted by atomic mass is 35.5. The molecule has 0 fully saturated rings. The van der Waals surface area contributed by atoms with Crippen molar-refractivity contribution >= 4 is 34.8 Å². The van der Waals surface area contributed by atoms with Crippen molar-refractivity contribution in [3.05, 3.63) is 70.4 Å². The molecule has 0 unspecified atom stereocenters. The van der Waals surface area contributed by atoms with Crippen molar-refractivity contribution in [2.75, 3.05) is 10.2 Å². The molecule has 2 aromatic carbocycles. The normalized spacial score (nSPS) is 14.3. The number of benzene rings is 2. The third-order valence-electron chi connectivity index (χ3n) is 4.33. The summed E-state index contributed by atoms with van der Waals surface area (Å²) in [6.45, 7) is 4.10. The van der Waals surface area contributed by atoms with Gasteiger partial charge in [0.1, 0.15) is 10.7 Å². The number of imide groups is 1. The quantitative estimate of drug-likeness (QED) is 0.747. The number of rotatable bonds is 6. The van der Waals surface area contributed by atoms with Crippen molar-refractivity contribution in [3.8, 4) is 0 Å². The van der Waals surface area contributed by atoms with Gasteiger partial charge >= 0.3 is 0 Å². The number of carbonyl (C=O) groups excluding carboxylic acids is 2. The van der Waals surface area contributed by atoms with Gasteiger partial charge in [-0.25, -0.2) is 4.90 Å². The Hall–Kier alpha value is -2.59. The highest BCUT2D eigenvalue weighted by Gasteiger charge is 2.38. The molecule has 0 saturated carbocycles. The monoisotopic (exact) mass is 368 g/mol. The summed E-state index contributed by atoms with van der Waals surface area (Å²) in [5.74, 6) is -0.948. The first-order valence-electron chi connectivity index (χ1n) is 8.72. The molecule has 1 N–H and O–H groups in total. The van der Waals surface area contributed by atoms with Crippen molar-refractivity contribution in [1.82, 2.24) is 0 Å². The molecule has 1 aliphatic rings. The zero-order valence-corrected chi connectivity index (χ0v) is 15.6. The Balaban J connectivity index is 1.81. The lowest BCUT2D eigenvalue weighted by atomic mass is 10.1. The summed E-state index contributed by atoms with van der Waals surface area (Å²) in [4.78, 5) is 26.4. The summed E-state index contributed by atoms with van der Waals surface area (Å²) in [5, 5.41) is 2.90. The fourth-order valence-corrected chi connectivity index (χ4v) is 3.12. The minimum atomic E-state index is -0.506. The van der Waals surface area contributed by atoms with E-state index in [1.165, 1.54) is 5.56 Å². The van der Waals surface area contributed by atoms with Gasteiger partial charge in [-0.3, -0.25) is 9.59 Å². The van der Waals surface area contributed by atoms with E-state index in [4.69, 9.17) is 11.6 Å². The van der Waals surface area contributed by atoms with Crippen LogP contribution in [-0.2, 0) is 16.0 Å². The molecule has 0 aromatic heterocycles. The number of aryl methyl sites for hydroxylation is 2. The molecule has 1 heterocycles. The van der Waals surface area contributed by atoms with Crippen molar-refractivity contribution in [3.63, 3.8) is 0 Å². The number of nitrogens with zero attached hydrogens (tertiary/aromatic N) is 1. The highest BCUT2D eigenvalue weighted by molar-refractivity contribution is 6.53. The van der Waals surface area contributed by atoms with Crippen LogP contribution in [0.5, 0.6) is 0 Å². The number of anilines is 2. The molecule has 0 spiro atoms. The zero-order valence-electron chi connectivity index (χ0n) is 14.9. The van der Waals surface area contributed by atoms with E-state index in [9.17, 15) is 9.59 Å². The maximum Gasteiger partial charge on any atom is 0.283 e. The topological polar surface area (TPSA) is 49.4 Å². The average Bonchev–Trinajstić information content (AvgIpc) is 2.84. The smallest absolute Gasteiger partial charge is 0.283 e. The summed E-state index contributed by atoms with van der Waals surface area (Å²) < 4.78 is 0. The lowest BCUT2D eigenvalue weighted by molar-refractivity contribution is -0.120. The van der Waals surface area contributed by atoms with Crippen LogP contribution in [0.4, 0.5) is 11.4 Å². The molecule has 4 nitrogen and oxygen atoms in total. The van der Waals surface area contributed by atoms with Crippen molar-refractivity contribution < 1.29 is 9.59 Å². The van der Waals surface area contributed by atoms with Crippen molar-refractivity contribution in [2.45, 2.75) is 33.1 Å². The second-order valence-corrected chi connectivity index (χ2v) is 6.78. The van der Waals surface area contributed by atoms with Gasteiger partial charge in [0, 0.05) is 5.69 Å². The molecule has 134 valence electrons. The molecular formula is C21H21ClN2O2. The molecule has 2 amide bonds. The first kappa shape index (κ1) is 18.2. The van der Waals surface area contributed by atoms with E-state index in [0.29, 0.717) is 5.69 Å². The molecule has 0 radical (unpaired) electrons. The number of nitrogens with one attached hydrogen (secondary N) is 1. The third-order valence-corrected chi connectivity index (χ3v) is 4.68. The van der Waals surface area contributed by atoms with E-state index in [1.807, 2.05) is 43.3 Å².